The zero-order valence-corrected chi connectivity index (χ0v) is 13.7. The van der Waals surface area contributed by atoms with Crippen molar-refractivity contribution in [1.82, 2.24) is 5.32 Å². The average Bonchev–Trinajstić information content (AvgIpc) is 2.74. The van der Waals surface area contributed by atoms with Gasteiger partial charge in [0.05, 0.1) is 9.83 Å². The Morgan fingerprint density at radius 1 is 1.30 bits per heavy atom. The number of hydrogen-bond donors (Lipinski definition) is 1. The Labute approximate surface area is 130 Å². The molecular formula is C15H16BrF2NS. The minimum Gasteiger partial charge on any atom is -0.306 e. The zero-order valence-electron chi connectivity index (χ0n) is 11.3. The van der Waals surface area contributed by atoms with Crippen molar-refractivity contribution < 1.29 is 8.78 Å². The lowest BCUT2D eigenvalue weighted by molar-refractivity contribution is 0.480. The first-order valence-electron chi connectivity index (χ1n) is 6.47. The lowest BCUT2D eigenvalue weighted by atomic mass is 9.98. The fourth-order valence-corrected chi connectivity index (χ4v) is 3.91. The van der Waals surface area contributed by atoms with Crippen LogP contribution in [0.5, 0.6) is 0 Å². The van der Waals surface area contributed by atoms with Crippen LogP contribution >= 0.6 is 27.3 Å². The molecule has 1 aromatic carbocycles. The summed E-state index contributed by atoms with van der Waals surface area (Å²) in [5, 5.41) is 3.30. The van der Waals surface area contributed by atoms with Gasteiger partial charge in [-0.15, -0.1) is 11.3 Å². The van der Waals surface area contributed by atoms with Gasteiger partial charge in [0.1, 0.15) is 0 Å². The number of benzene rings is 1. The lowest BCUT2D eigenvalue weighted by Crippen LogP contribution is -2.24. The third kappa shape index (κ3) is 3.27. The molecule has 20 heavy (non-hydrogen) atoms. The van der Waals surface area contributed by atoms with Crippen LogP contribution < -0.4 is 5.32 Å². The number of rotatable bonds is 5. The van der Waals surface area contributed by atoms with Crippen LogP contribution in [0.2, 0.25) is 0 Å². The summed E-state index contributed by atoms with van der Waals surface area (Å²) in [6.07, 6.45) is 0.928. The van der Waals surface area contributed by atoms with Crippen LogP contribution in [0, 0.1) is 18.6 Å². The Morgan fingerprint density at radius 3 is 2.65 bits per heavy atom. The van der Waals surface area contributed by atoms with Gasteiger partial charge in [-0.2, -0.15) is 0 Å². The molecule has 0 aliphatic carbocycles. The Bertz CT molecular complexity index is 598. The van der Waals surface area contributed by atoms with Gasteiger partial charge in [0.2, 0.25) is 0 Å². The molecular weight excluding hydrogens is 344 g/mol. The molecule has 0 aliphatic rings. The van der Waals surface area contributed by atoms with Gasteiger partial charge in [-0.3, -0.25) is 0 Å². The summed E-state index contributed by atoms with van der Waals surface area (Å²) in [4.78, 5) is 1.09. The fourth-order valence-electron chi connectivity index (χ4n) is 2.16. The molecule has 2 rings (SSSR count). The maximum atomic E-state index is 14.1. The summed E-state index contributed by atoms with van der Waals surface area (Å²) in [7, 11) is 0. The van der Waals surface area contributed by atoms with E-state index in [4.69, 9.17) is 0 Å². The van der Waals surface area contributed by atoms with E-state index >= 15 is 0 Å². The van der Waals surface area contributed by atoms with Crippen molar-refractivity contribution in [3.05, 3.63) is 55.7 Å². The minimum absolute atomic E-state index is 0.326. The predicted octanol–water partition coefficient (Wildman–Crippen LogP) is 5.19. The highest BCUT2D eigenvalue weighted by Gasteiger charge is 2.22. The van der Waals surface area contributed by atoms with Crippen LogP contribution in [0.25, 0.3) is 0 Å². The molecule has 1 unspecified atom stereocenters. The molecule has 1 nitrogen and oxygen atoms in total. The molecule has 0 saturated heterocycles. The van der Waals surface area contributed by atoms with E-state index in [1.807, 2.05) is 19.9 Å². The van der Waals surface area contributed by atoms with Gasteiger partial charge in [-0.05, 0) is 53.5 Å². The molecule has 1 heterocycles. The molecule has 0 spiro atoms. The highest BCUT2D eigenvalue weighted by atomic mass is 79.9. The van der Waals surface area contributed by atoms with Gasteiger partial charge < -0.3 is 5.32 Å². The molecule has 0 radical (unpaired) electrons. The first-order valence-corrected chi connectivity index (χ1v) is 8.08. The van der Waals surface area contributed by atoms with Crippen LogP contribution in [0.1, 0.15) is 35.4 Å². The van der Waals surface area contributed by atoms with Crippen LogP contribution in [0.4, 0.5) is 8.78 Å². The van der Waals surface area contributed by atoms with E-state index in [2.05, 4.69) is 21.2 Å². The lowest BCUT2D eigenvalue weighted by Gasteiger charge is -2.20. The fraction of sp³-hybridized carbons (Fsp3) is 0.333. The van der Waals surface area contributed by atoms with Crippen molar-refractivity contribution in [2.45, 2.75) is 26.3 Å². The number of aryl methyl sites for hydroxylation is 1. The quantitative estimate of drug-likeness (QED) is 0.774. The number of hydrogen-bond acceptors (Lipinski definition) is 2. The number of nitrogens with one attached hydrogen (secondary N) is 1. The Hall–Kier alpha value is -0.780. The van der Waals surface area contributed by atoms with Gasteiger partial charge in [0, 0.05) is 10.4 Å². The van der Waals surface area contributed by atoms with E-state index in [0.29, 0.717) is 5.56 Å². The molecule has 1 aromatic heterocycles. The second-order valence-electron chi connectivity index (χ2n) is 4.59. The van der Waals surface area contributed by atoms with Crippen molar-refractivity contribution in [3.8, 4) is 0 Å². The third-order valence-corrected chi connectivity index (χ3v) is 4.70. The molecule has 0 aliphatic heterocycles. The van der Waals surface area contributed by atoms with E-state index in [9.17, 15) is 8.78 Å². The van der Waals surface area contributed by atoms with E-state index in [-0.39, 0.29) is 6.04 Å². The summed E-state index contributed by atoms with van der Waals surface area (Å²) in [6.45, 7) is 4.78. The summed E-state index contributed by atoms with van der Waals surface area (Å²) in [5.41, 5.74) is 1.34. The molecule has 5 heteroatoms. The summed E-state index contributed by atoms with van der Waals surface area (Å²) >= 11 is 5.04. The van der Waals surface area contributed by atoms with Crippen LogP contribution in [-0.2, 0) is 0 Å². The molecule has 0 fully saturated rings. The van der Waals surface area contributed by atoms with E-state index in [1.54, 1.807) is 23.5 Å². The molecule has 0 amide bonds. The first-order chi connectivity index (χ1) is 9.54. The summed E-state index contributed by atoms with van der Waals surface area (Å²) in [6, 6.07) is 5.97. The average molecular weight is 360 g/mol. The Balaban J connectivity index is 2.47. The van der Waals surface area contributed by atoms with Gasteiger partial charge >= 0.3 is 0 Å². The zero-order chi connectivity index (χ0) is 14.7. The number of halogens is 3. The van der Waals surface area contributed by atoms with Gasteiger partial charge in [0.15, 0.2) is 11.6 Å². The summed E-state index contributed by atoms with van der Waals surface area (Å²) in [5.74, 6) is -1.58. The SMILES string of the molecule is CCCNC(c1cc(Br)sc1C)c1cccc(F)c1F. The van der Waals surface area contributed by atoms with Crippen molar-refractivity contribution >= 4 is 27.3 Å². The maximum Gasteiger partial charge on any atom is 0.163 e. The van der Waals surface area contributed by atoms with Crippen LogP contribution in [-0.4, -0.2) is 6.54 Å². The largest absolute Gasteiger partial charge is 0.306 e. The first kappa shape index (κ1) is 15.6. The Morgan fingerprint density at radius 2 is 2.05 bits per heavy atom. The van der Waals surface area contributed by atoms with E-state index < -0.39 is 11.6 Å². The van der Waals surface area contributed by atoms with Crippen molar-refractivity contribution in [3.63, 3.8) is 0 Å². The monoisotopic (exact) mass is 359 g/mol. The molecule has 0 bridgehead atoms. The van der Waals surface area contributed by atoms with Crippen molar-refractivity contribution in [1.29, 1.82) is 0 Å². The normalized spacial score (nSPS) is 12.7. The van der Waals surface area contributed by atoms with E-state index in [1.165, 1.54) is 0 Å². The van der Waals surface area contributed by atoms with Crippen LogP contribution in [0.3, 0.4) is 0 Å². The standard InChI is InChI=1S/C15H16BrF2NS/c1-3-7-19-15(11-8-13(16)20-9(11)2)10-5-4-6-12(17)14(10)18/h4-6,8,15,19H,3,7H2,1-2H3. The number of thiophene rings is 1. The Kier molecular flexibility index (Phi) is 5.29. The summed E-state index contributed by atoms with van der Waals surface area (Å²) < 4.78 is 28.5. The van der Waals surface area contributed by atoms with Gasteiger partial charge in [-0.25, -0.2) is 8.78 Å². The molecule has 1 atom stereocenters. The van der Waals surface area contributed by atoms with Crippen LogP contribution in [0.15, 0.2) is 28.1 Å². The van der Waals surface area contributed by atoms with Crippen molar-refractivity contribution in [2.75, 3.05) is 6.54 Å². The highest BCUT2D eigenvalue weighted by molar-refractivity contribution is 9.11. The second-order valence-corrected chi connectivity index (χ2v) is 7.23. The third-order valence-electron chi connectivity index (χ3n) is 3.13. The predicted molar refractivity (Wildman–Crippen MR) is 83.3 cm³/mol. The highest BCUT2D eigenvalue weighted by Crippen LogP contribution is 2.34. The second kappa shape index (κ2) is 6.78. The van der Waals surface area contributed by atoms with E-state index in [0.717, 1.165) is 33.3 Å². The molecule has 0 saturated carbocycles. The molecule has 1 N–H and O–H groups in total. The van der Waals surface area contributed by atoms with Crippen molar-refractivity contribution in [2.24, 2.45) is 0 Å². The smallest absolute Gasteiger partial charge is 0.163 e. The molecule has 2 aromatic rings. The molecule has 108 valence electrons. The maximum absolute atomic E-state index is 14.1. The minimum atomic E-state index is -0.808. The van der Waals surface area contributed by atoms with Gasteiger partial charge in [-0.1, -0.05) is 19.1 Å². The van der Waals surface area contributed by atoms with Gasteiger partial charge in [0.25, 0.3) is 0 Å². The topological polar surface area (TPSA) is 12.0 Å².